The molecule has 2 nitrogen and oxygen atoms in total. The summed E-state index contributed by atoms with van der Waals surface area (Å²) in [7, 11) is 0. The highest BCUT2D eigenvalue weighted by atomic mass is 35.5. The average molecular weight is 305 g/mol. The Morgan fingerprint density at radius 3 is 2.50 bits per heavy atom. The topological polar surface area (TPSA) is 24.9 Å². The molecule has 0 aliphatic rings. The van der Waals surface area contributed by atoms with Gasteiger partial charge in [0.15, 0.2) is 0 Å². The number of rotatable bonds is 2. The fourth-order valence-electron chi connectivity index (χ4n) is 1.59. The van der Waals surface area contributed by atoms with Gasteiger partial charge in [0.05, 0.1) is 28.8 Å². The maximum atomic E-state index is 13.3. The van der Waals surface area contributed by atoms with E-state index in [0.717, 1.165) is 12.1 Å². The van der Waals surface area contributed by atoms with Crippen LogP contribution in [0.25, 0.3) is 0 Å². The molecule has 0 atom stereocenters. The summed E-state index contributed by atoms with van der Waals surface area (Å²) in [5.74, 6) is -0.600. The number of halogens is 5. The zero-order valence-electron chi connectivity index (χ0n) is 10.2. The number of benzene rings is 1. The van der Waals surface area contributed by atoms with Crippen molar-refractivity contribution in [2.24, 2.45) is 0 Å². The van der Waals surface area contributed by atoms with Crippen molar-refractivity contribution in [3.63, 3.8) is 0 Å². The lowest BCUT2D eigenvalue weighted by Crippen LogP contribution is -2.09. The molecule has 7 heteroatoms. The van der Waals surface area contributed by atoms with Gasteiger partial charge in [-0.15, -0.1) is 0 Å². The Labute approximate surface area is 117 Å². The fraction of sp³-hybridized carbons (Fsp3) is 0.154. The lowest BCUT2D eigenvalue weighted by molar-refractivity contribution is -0.136. The van der Waals surface area contributed by atoms with Gasteiger partial charge in [0.2, 0.25) is 0 Å². The van der Waals surface area contributed by atoms with E-state index in [1.165, 1.54) is 25.3 Å². The molecule has 0 amide bonds. The smallest absolute Gasteiger partial charge is 0.354 e. The van der Waals surface area contributed by atoms with Gasteiger partial charge in [-0.1, -0.05) is 11.6 Å². The molecule has 0 radical (unpaired) electrons. The van der Waals surface area contributed by atoms with Crippen LogP contribution in [0.2, 0.25) is 5.02 Å². The first kappa shape index (κ1) is 14.6. The van der Waals surface area contributed by atoms with Crippen molar-refractivity contribution in [2.45, 2.75) is 13.1 Å². The highest BCUT2D eigenvalue weighted by Crippen LogP contribution is 2.37. The summed E-state index contributed by atoms with van der Waals surface area (Å²) in [6, 6.07) is 4.39. The van der Waals surface area contributed by atoms with Gasteiger partial charge in [-0.05, 0) is 25.1 Å². The monoisotopic (exact) mass is 304 g/mol. The second kappa shape index (κ2) is 5.28. The second-order valence-electron chi connectivity index (χ2n) is 4.10. The van der Waals surface area contributed by atoms with Crippen LogP contribution in [-0.2, 0) is 6.18 Å². The van der Waals surface area contributed by atoms with Gasteiger partial charge in [0, 0.05) is 11.1 Å². The number of hydrogen-bond donors (Lipinski definition) is 1. The number of aryl methyl sites for hydroxylation is 1. The highest BCUT2D eigenvalue weighted by Gasteiger charge is 2.33. The number of nitrogens with zero attached hydrogens (tertiary/aromatic N) is 1. The van der Waals surface area contributed by atoms with Crippen LogP contribution in [-0.4, -0.2) is 4.98 Å². The van der Waals surface area contributed by atoms with E-state index in [1.54, 1.807) is 0 Å². The van der Waals surface area contributed by atoms with Crippen molar-refractivity contribution >= 4 is 23.0 Å². The minimum Gasteiger partial charge on any atom is -0.354 e. The first-order chi connectivity index (χ1) is 9.27. The summed E-state index contributed by atoms with van der Waals surface area (Å²) in [5, 5.41) is 2.46. The van der Waals surface area contributed by atoms with Crippen LogP contribution in [0.4, 0.5) is 28.9 Å². The quantitative estimate of drug-likeness (QED) is 0.794. The van der Waals surface area contributed by atoms with E-state index in [2.05, 4.69) is 10.3 Å². The van der Waals surface area contributed by atoms with Crippen LogP contribution in [0.15, 0.2) is 30.5 Å². The number of alkyl halides is 3. The molecule has 0 fully saturated rings. The molecule has 1 aromatic carbocycles. The van der Waals surface area contributed by atoms with Crippen molar-refractivity contribution in [3.8, 4) is 0 Å². The maximum absolute atomic E-state index is 13.3. The third-order valence-electron chi connectivity index (χ3n) is 2.59. The molecule has 0 bridgehead atoms. The Bertz CT molecular complexity index is 641. The van der Waals surface area contributed by atoms with Gasteiger partial charge in [-0.2, -0.15) is 13.2 Å². The number of aromatic nitrogens is 1. The molecule has 2 rings (SSSR count). The number of anilines is 2. The molecule has 1 N–H and O–H groups in total. The van der Waals surface area contributed by atoms with Crippen molar-refractivity contribution in [2.75, 3.05) is 5.32 Å². The first-order valence-corrected chi connectivity index (χ1v) is 5.91. The van der Waals surface area contributed by atoms with E-state index >= 15 is 0 Å². The lowest BCUT2D eigenvalue weighted by atomic mass is 10.1. The van der Waals surface area contributed by atoms with Crippen molar-refractivity contribution in [1.82, 2.24) is 4.98 Å². The fourth-order valence-corrected chi connectivity index (χ4v) is 1.76. The van der Waals surface area contributed by atoms with Gasteiger partial charge in [-0.25, -0.2) is 4.39 Å². The molecule has 0 spiro atoms. The van der Waals surface area contributed by atoms with Crippen LogP contribution >= 0.6 is 11.6 Å². The zero-order chi connectivity index (χ0) is 14.9. The van der Waals surface area contributed by atoms with Gasteiger partial charge < -0.3 is 5.32 Å². The Hall–Kier alpha value is -1.82. The summed E-state index contributed by atoms with van der Waals surface area (Å²) in [5.41, 5.74) is -0.846. The molecule has 0 aliphatic carbocycles. The third kappa shape index (κ3) is 3.19. The van der Waals surface area contributed by atoms with Gasteiger partial charge >= 0.3 is 6.18 Å². The predicted octanol–water partition coefficient (Wildman–Crippen LogP) is 4.94. The molecule has 0 saturated carbocycles. The highest BCUT2D eigenvalue weighted by molar-refractivity contribution is 6.30. The summed E-state index contributed by atoms with van der Waals surface area (Å²) < 4.78 is 52.0. The molecule has 106 valence electrons. The molecule has 1 heterocycles. The number of nitrogens with one attached hydrogen (secondary N) is 1. The largest absolute Gasteiger partial charge is 0.418 e. The second-order valence-corrected chi connectivity index (χ2v) is 4.54. The molecule has 2 aromatic rings. The summed E-state index contributed by atoms with van der Waals surface area (Å²) in [6.07, 6.45) is -3.31. The third-order valence-corrected chi connectivity index (χ3v) is 2.83. The standard InChI is InChI=1S/C13H9ClF4N2/c1-7-11(15)5-9(6-19-7)20-12-3-2-8(14)4-10(12)13(16,17)18/h2-6,20H,1H3. The van der Waals surface area contributed by atoms with Crippen LogP contribution in [0.3, 0.4) is 0 Å². The van der Waals surface area contributed by atoms with Gasteiger partial charge in [0.1, 0.15) is 5.82 Å². The van der Waals surface area contributed by atoms with Crippen LogP contribution in [0.1, 0.15) is 11.3 Å². The maximum Gasteiger partial charge on any atom is 0.418 e. The first-order valence-electron chi connectivity index (χ1n) is 5.53. The van der Waals surface area contributed by atoms with Crippen molar-refractivity contribution < 1.29 is 17.6 Å². The zero-order valence-corrected chi connectivity index (χ0v) is 11.0. The minimum atomic E-state index is -4.57. The Morgan fingerprint density at radius 2 is 1.90 bits per heavy atom. The Balaban J connectivity index is 2.40. The lowest BCUT2D eigenvalue weighted by Gasteiger charge is -2.15. The molecule has 1 aromatic heterocycles. The molecular formula is C13H9ClF4N2. The predicted molar refractivity (Wildman–Crippen MR) is 68.7 cm³/mol. The van der Waals surface area contributed by atoms with Crippen LogP contribution < -0.4 is 5.32 Å². The van der Waals surface area contributed by atoms with Gasteiger partial charge in [0.25, 0.3) is 0 Å². The molecule has 0 saturated heterocycles. The van der Waals surface area contributed by atoms with E-state index in [4.69, 9.17) is 11.6 Å². The van der Waals surface area contributed by atoms with Crippen molar-refractivity contribution in [3.05, 3.63) is 52.6 Å². The van der Waals surface area contributed by atoms with Crippen LogP contribution in [0, 0.1) is 12.7 Å². The normalized spacial score (nSPS) is 11.5. The van der Waals surface area contributed by atoms with Gasteiger partial charge in [-0.3, -0.25) is 4.98 Å². The van der Waals surface area contributed by atoms with Crippen molar-refractivity contribution in [1.29, 1.82) is 0 Å². The summed E-state index contributed by atoms with van der Waals surface area (Å²) >= 11 is 5.57. The molecule has 0 aliphatic heterocycles. The molecule has 20 heavy (non-hydrogen) atoms. The van der Waals surface area contributed by atoms with E-state index in [-0.39, 0.29) is 22.1 Å². The molecular weight excluding hydrogens is 296 g/mol. The molecule has 0 unspecified atom stereocenters. The summed E-state index contributed by atoms with van der Waals surface area (Å²) in [4.78, 5) is 3.74. The summed E-state index contributed by atoms with van der Waals surface area (Å²) in [6.45, 7) is 1.46. The van der Waals surface area contributed by atoms with E-state index < -0.39 is 17.6 Å². The van der Waals surface area contributed by atoms with Crippen LogP contribution in [0.5, 0.6) is 0 Å². The minimum absolute atomic E-state index is 0.0314. The Kier molecular flexibility index (Phi) is 3.85. The SMILES string of the molecule is Cc1ncc(Nc2ccc(Cl)cc2C(F)(F)F)cc1F. The Morgan fingerprint density at radius 1 is 1.20 bits per heavy atom. The number of pyridine rings is 1. The van der Waals surface area contributed by atoms with E-state index in [9.17, 15) is 17.6 Å². The van der Waals surface area contributed by atoms with E-state index in [0.29, 0.717) is 0 Å². The number of hydrogen-bond acceptors (Lipinski definition) is 2. The average Bonchev–Trinajstić information content (AvgIpc) is 2.35. The van der Waals surface area contributed by atoms with E-state index in [1.807, 2.05) is 0 Å².